The lowest BCUT2D eigenvalue weighted by Crippen LogP contribution is -2.12. The zero-order chi connectivity index (χ0) is 17.0. The molecule has 0 amide bonds. The lowest BCUT2D eigenvalue weighted by atomic mass is 10.1. The summed E-state index contributed by atoms with van der Waals surface area (Å²) in [6.07, 6.45) is -3.22. The van der Waals surface area contributed by atoms with Gasteiger partial charge >= 0.3 is 6.18 Å². The maximum atomic E-state index is 12.7. The average molecular weight is 324 g/mol. The Balaban J connectivity index is 2.01. The highest BCUT2D eigenvalue weighted by Gasteiger charge is 2.33. The smallest absolute Gasteiger partial charge is 0.369 e. The van der Waals surface area contributed by atoms with E-state index in [4.69, 9.17) is 9.78 Å². The van der Waals surface area contributed by atoms with Gasteiger partial charge in [-0.2, -0.15) is 18.4 Å². The van der Waals surface area contributed by atoms with E-state index in [1.165, 1.54) is 0 Å². The first-order chi connectivity index (χ1) is 10.8. The van der Waals surface area contributed by atoms with Crippen molar-refractivity contribution in [3.05, 3.63) is 40.4 Å². The molecule has 5 nitrogen and oxygen atoms in total. The van der Waals surface area contributed by atoms with E-state index in [-0.39, 0.29) is 11.4 Å². The normalized spacial score (nSPS) is 11.3. The van der Waals surface area contributed by atoms with E-state index in [1.54, 1.807) is 0 Å². The molecule has 0 saturated heterocycles. The van der Waals surface area contributed by atoms with Crippen molar-refractivity contribution in [2.75, 3.05) is 11.9 Å². The number of aromatic nitrogens is 2. The summed E-state index contributed by atoms with van der Waals surface area (Å²) in [6, 6.07) is 3.75. The first-order valence-electron chi connectivity index (χ1n) is 6.97. The molecule has 0 unspecified atom stereocenters. The lowest BCUT2D eigenvalue weighted by molar-refractivity contribution is -0.141. The molecular formula is C15H15F3N4O. The average Bonchev–Trinajstić information content (AvgIpc) is 2.81. The molecule has 0 radical (unpaired) electrons. The van der Waals surface area contributed by atoms with E-state index in [2.05, 4.69) is 15.5 Å². The third-order valence-electron chi connectivity index (χ3n) is 3.38. The number of hydrogen-bond acceptors (Lipinski definition) is 5. The Labute approximate surface area is 131 Å². The third-order valence-corrected chi connectivity index (χ3v) is 3.38. The summed E-state index contributed by atoms with van der Waals surface area (Å²) < 4.78 is 43.1. The van der Waals surface area contributed by atoms with Gasteiger partial charge in [-0.1, -0.05) is 5.16 Å². The molecule has 0 fully saturated rings. The van der Waals surface area contributed by atoms with Gasteiger partial charge in [-0.05, 0) is 38.8 Å². The van der Waals surface area contributed by atoms with Crippen molar-refractivity contribution in [1.29, 1.82) is 5.26 Å². The van der Waals surface area contributed by atoms with Crippen LogP contribution in [0.2, 0.25) is 0 Å². The summed E-state index contributed by atoms with van der Waals surface area (Å²) in [7, 11) is 0. The summed E-state index contributed by atoms with van der Waals surface area (Å²) >= 11 is 0. The van der Waals surface area contributed by atoms with Gasteiger partial charge in [-0.15, -0.1) is 0 Å². The molecule has 0 spiro atoms. The van der Waals surface area contributed by atoms with Gasteiger partial charge in [0.25, 0.3) is 0 Å². The number of anilines is 1. The molecule has 0 atom stereocenters. The zero-order valence-corrected chi connectivity index (χ0v) is 12.7. The van der Waals surface area contributed by atoms with Crippen LogP contribution in [0.4, 0.5) is 19.0 Å². The second-order valence-electron chi connectivity index (χ2n) is 5.04. The standard InChI is InChI=1S/C15H15F3N4O/c1-9-12(10(2)23-22-9)4-3-7-20-14-11(8-19)5-6-13(21-14)15(16,17)18/h5-6H,3-4,7H2,1-2H3,(H,20,21). The minimum Gasteiger partial charge on any atom is -0.369 e. The van der Waals surface area contributed by atoms with Gasteiger partial charge in [0.15, 0.2) is 0 Å². The topological polar surface area (TPSA) is 74.7 Å². The van der Waals surface area contributed by atoms with E-state index in [1.807, 2.05) is 19.9 Å². The van der Waals surface area contributed by atoms with Crippen LogP contribution < -0.4 is 5.32 Å². The Morgan fingerprint density at radius 2 is 2.04 bits per heavy atom. The van der Waals surface area contributed by atoms with E-state index < -0.39 is 11.9 Å². The number of nitriles is 1. The highest BCUT2D eigenvalue weighted by atomic mass is 19.4. The maximum absolute atomic E-state index is 12.7. The van der Waals surface area contributed by atoms with Gasteiger partial charge in [0, 0.05) is 12.1 Å². The Hall–Kier alpha value is -2.56. The summed E-state index contributed by atoms with van der Waals surface area (Å²) in [5.41, 5.74) is 0.849. The van der Waals surface area contributed by atoms with E-state index in [0.29, 0.717) is 19.4 Å². The van der Waals surface area contributed by atoms with Gasteiger partial charge in [-0.3, -0.25) is 0 Å². The van der Waals surface area contributed by atoms with Crippen LogP contribution in [0.1, 0.15) is 34.7 Å². The molecule has 2 rings (SSSR count). The Kier molecular flexibility index (Phi) is 4.89. The minimum atomic E-state index is -4.54. The molecule has 8 heteroatoms. The molecule has 1 N–H and O–H groups in total. The number of nitrogens with one attached hydrogen (secondary N) is 1. The first kappa shape index (κ1) is 16.8. The van der Waals surface area contributed by atoms with Crippen LogP contribution in [0, 0.1) is 25.2 Å². The van der Waals surface area contributed by atoms with Crippen molar-refractivity contribution in [2.24, 2.45) is 0 Å². The molecule has 0 bridgehead atoms. The molecule has 0 saturated carbocycles. The third kappa shape index (κ3) is 4.00. The number of aryl methyl sites for hydroxylation is 2. The molecule has 2 aromatic heterocycles. The summed E-state index contributed by atoms with van der Waals surface area (Å²) in [5, 5.41) is 15.6. The molecule has 23 heavy (non-hydrogen) atoms. The second-order valence-corrected chi connectivity index (χ2v) is 5.04. The second kappa shape index (κ2) is 6.69. The van der Waals surface area contributed by atoms with Crippen LogP contribution in [0.3, 0.4) is 0 Å². The molecule has 122 valence electrons. The highest BCUT2D eigenvalue weighted by molar-refractivity contribution is 5.52. The van der Waals surface area contributed by atoms with Crippen LogP contribution >= 0.6 is 0 Å². The minimum absolute atomic E-state index is 0.0545. The van der Waals surface area contributed by atoms with Crippen LogP contribution in [-0.2, 0) is 12.6 Å². The number of rotatable bonds is 5. The maximum Gasteiger partial charge on any atom is 0.433 e. The van der Waals surface area contributed by atoms with Crippen LogP contribution in [0.25, 0.3) is 0 Å². The quantitative estimate of drug-likeness (QED) is 0.850. The van der Waals surface area contributed by atoms with Gasteiger partial charge in [0.05, 0.1) is 11.3 Å². The number of hydrogen-bond donors (Lipinski definition) is 1. The van der Waals surface area contributed by atoms with Crippen LogP contribution in [0.5, 0.6) is 0 Å². The highest BCUT2D eigenvalue weighted by Crippen LogP contribution is 2.29. The monoisotopic (exact) mass is 324 g/mol. The molecular weight excluding hydrogens is 309 g/mol. The Morgan fingerprint density at radius 1 is 1.30 bits per heavy atom. The summed E-state index contributed by atoms with van der Waals surface area (Å²) in [6.45, 7) is 4.03. The van der Waals surface area contributed by atoms with Crippen molar-refractivity contribution in [1.82, 2.24) is 10.1 Å². The van der Waals surface area contributed by atoms with Crippen molar-refractivity contribution >= 4 is 5.82 Å². The van der Waals surface area contributed by atoms with Crippen LogP contribution in [-0.4, -0.2) is 16.7 Å². The summed E-state index contributed by atoms with van der Waals surface area (Å²) in [4.78, 5) is 3.49. The number of alkyl halides is 3. The predicted octanol–water partition coefficient (Wildman–Crippen LogP) is 3.62. The number of halogens is 3. The zero-order valence-electron chi connectivity index (χ0n) is 12.7. The molecule has 2 aromatic rings. The molecule has 0 aliphatic rings. The van der Waals surface area contributed by atoms with Crippen molar-refractivity contribution in [2.45, 2.75) is 32.9 Å². The molecule has 0 aliphatic carbocycles. The van der Waals surface area contributed by atoms with E-state index in [0.717, 1.165) is 29.2 Å². The Bertz CT molecular complexity index is 712. The van der Waals surface area contributed by atoms with E-state index >= 15 is 0 Å². The van der Waals surface area contributed by atoms with Gasteiger partial charge < -0.3 is 9.84 Å². The van der Waals surface area contributed by atoms with Crippen molar-refractivity contribution in [3.8, 4) is 6.07 Å². The fourth-order valence-electron chi connectivity index (χ4n) is 2.17. The fourth-order valence-corrected chi connectivity index (χ4v) is 2.17. The van der Waals surface area contributed by atoms with Gasteiger partial charge in [-0.25, -0.2) is 4.98 Å². The Morgan fingerprint density at radius 3 is 2.61 bits per heavy atom. The molecule has 2 heterocycles. The SMILES string of the molecule is Cc1noc(C)c1CCCNc1nc(C(F)(F)F)ccc1C#N. The van der Waals surface area contributed by atoms with Crippen molar-refractivity contribution in [3.63, 3.8) is 0 Å². The largest absolute Gasteiger partial charge is 0.433 e. The predicted molar refractivity (Wildman–Crippen MR) is 76.7 cm³/mol. The number of pyridine rings is 1. The lowest BCUT2D eigenvalue weighted by Gasteiger charge is -2.11. The first-order valence-corrected chi connectivity index (χ1v) is 6.97. The molecule has 0 aromatic carbocycles. The number of nitrogens with zero attached hydrogens (tertiary/aromatic N) is 3. The summed E-state index contributed by atoms with van der Waals surface area (Å²) in [5.74, 6) is 0.679. The van der Waals surface area contributed by atoms with Gasteiger partial charge in [0.2, 0.25) is 0 Å². The van der Waals surface area contributed by atoms with Gasteiger partial charge in [0.1, 0.15) is 23.3 Å². The van der Waals surface area contributed by atoms with Crippen LogP contribution in [0.15, 0.2) is 16.7 Å². The van der Waals surface area contributed by atoms with E-state index in [9.17, 15) is 13.2 Å². The molecule has 0 aliphatic heterocycles. The fraction of sp³-hybridized carbons (Fsp3) is 0.400. The van der Waals surface area contributed by atoms with Crippen molar-refractivity contribution < 1.29 is 17.7 Å².